The second-order valence-corrected chi connectivity index (χ2v) is 6.46. The molecule has 146 valence electrons. The van der Waals surface area contributed by atoms with Gasteiger partial charge in [0.2, 0.25) is 0 Å². The highest BCUT2D eigenvalue weighted by Gasteiger charge is 2.42. The monoisotopic (exact) mass is 392 g/mol. The maximum atomic E-state index is 13.4. The Kier molecular flexibility index (Phi) is 5.38. The van der Waals surface area contributed by atoms with Gasteiger partial charge in [-0.05, 0) is 53.8 Å². The number of amides is 1. The number of hydrogen-bond donors (Lipinski definition) is 1. The molecule has 0 saturated carbocycles. The number of rotatable bonds is 5. The van der Waals surface area contributed by atoms with Gasteiger partial charge < -0.3 is 10.1 Å². The SMILES string of the molecule is N#Cc1ccc2c(c1)CO[C@]2(CCCNC(=O)C(F)(F)F)c1ccc(F)cc1. The fourth-order valence-corrected chi connectivity index (χ4v) is 3.40. The van der Waals surface area contributed by atoms with E-state index in [9.17, 15) is 22.4 Å². The second-order valence-electron chi connectivity index (χ2n) is 6.46. The third kappa shape index (κ3) is 3.85. The molecule has 3 rings (SSSR count). The van der Waals surface area contributed by atoms with Crippen LogP contribution in [0, 0.1) is 17.1 Å². The first-order chi connectivity index (χ1) is 13.3. The van der Waals surface area contributed by atoms with Crippen LogP contribution in [0.25, 0.3) is 0 Å². The molecule has 0 aliphatic carbocycles. The molecule has 0 aromatic heterocycles. The fourth-order valence-electron chi connectivity index (χ4n) is 3.40. The Labute approximate surface area is 158 Å². The Morgan fingerprint density at radius 2 is 1.93 bits per heavy atom. The van der Waals surface area contributed by atoms with E-state index in [1.165, 1.54) is 12.1 Å². The van der Waals surface area contributed by atoms with Crippen LogP contribution in [-0.4, -0.2) is 18.6 Å². The maximum absolute atomic E-state index is 13.4. The van der Waals surface area contributed by atoms with E-state index < -0.39 is 23.5 Å². The van der Waals surface area contributed by atoms with Gasteiger partial charge in [0.1, 0.15) is 11.4 Å². The number of benzene rings is 2. The molecule has 0 bridgehead atoms. The van der Waals surface area contributed by atoms with Crippen molar-refractivity contribution >= 4 is 5.91 Å². The van der Waals surface area contributed by atoms with Gasteiger partial charge in [0.25, 0.3) is 0 Å². The molecule has 1 heterocycles. The minimum atomic E-state index is -4.93. The predicted octanol–water partition coefficient (Wildman–Crippen LogP) is 3.93. The number of ether oxygens (including phenoxy) is 1. The third-order valence-corrected chi connectivity index (χ3v) is 4.70. The lowest BCUT2D eigenvalue weighted by Gasteiger charge is -2.30. The lowest BCUT2D eigenvalue weighted by molar-refractivity contribution is -0.173. The van der Waals surface area contributed by atoms with Crippen LogP contribution in [0.15, 0.2) is 42.5 Å². The summed E-state index contributed by atoms with van der Waals surface area (Å²) in [5, 5.41) is 10.9. The first-order valence-corrected chi connectivity index (χ1v) is 8.55. The second kappa shape index (κ2) is 7.60. The molecule has 0 radical (unpaired) electrons. The van der Waals surface area contributed by atoms with Crippen molar-refractivity contribution in [2.24, 2.45) is 0 Å². The average Bonchev–Trinajstić information content (AvgIpc) is 3.03. The minimum Gasteiger partial charge on any atom is -0.361 e. The molecule has 0 spiro atoms. The molecule has 1 amide bonds. The van der Waals surface area contributed by atoms with Crippen molar-refractivity contribution < 1.29 is 27.1 Å². The number of nitriles is 1. The molecule has 0 fully saturated rings. The zero-order valence-electron chi connectivity index (χ0n) is 14.6. The molecule has 0 saturated heterocycles. The summed E-state index contributed by atoms with van der Waals surface area (Å²) < 4.78 is 56.4. The van der Waals surface area contributed by atoms with Crippen LogP contribution in [0.4, 0.5) is 17.6 Å². The summed E-state index contributed by atoms with van der Waals surface area (Å²) in [6, 6.07) is 12.8. The molecule has 1 N–H and O–H groups in total. The highest BCUT2D eigenvalue weighted by Crippen LogP contribution is 2.45. The van der Waals surface area contributed by atoms with E-state index in [1.54, 1.807) is 30.3 Å². The number of halogens is 4. The van der Waals surface area contributed by atoms with E-state index in [-0.39, 0.29) is 26.0 Å². The summed E-state index contributed by atoms with van der Waals surface area (Å²) in [4.78, 5) is 11.0. The molecule has 2 aromatic rings. The molecule has 1 aliphatic rings. The number of fused-ring (bicyclic) bond motifs is 1. The van der Waals surface area contributed by atoms with Crippen molar-refractivity contribution in [3.63, 3.8) is 0 Å². The van der Waals surface area contributed by atoms with Crippen LogP contribution >= 0.6 is 0 Å². The van der Waals surface area contributed by atoms with E-state index >= 15 is 0 Å². The lowest BCUT2D eigenvalue weighted by atomic mass is 9.81. The van der Waals surface area contributed by atoms with Gasteiger partial charge in [-0.25, -0.2) is 4.39 Å². The van der Waals surface area contributed by atoms with Gasteiger partial charge in [-0.1, -0.05) is 18.2 Å². The number of carbonyl (C=O) groups is 1. The number of carbonyl (C=O) groups excluding carboxylic acids is 1. The van der Waals surface area contributed by atoms with Crippen molar-refractivity contribution in [3.8, 4) is 6.07 Å². The molecule has 0 unspecified atom stereocenters. The lowest BCUT2D eigenvalue weighted by Crippen LogP contribution is -2.38. The normalized spacial score (nSPS) is 18.4. The summed E-state index contributed by atoms with van der Waals surface area (Å²) >= 11 is 0. The molecule has 2 aromatic carbocycles. The van der Waals surface area contributed by atoms with Gasteiger partial charge >= 0.3 is 12.1 Å². The molecule has 4 nitrogen and oxygen atoms in total. The predicted molar refractivity (Wildman–Crippen MR) is 91.4 cm³/mol. The molecular weight excluding hydrogens is 376 g/mol. The van der Waals surface area contributed by atoms with E-state index in [1.807, 2.05) is 5.32 Å². The van der Waals surface area contributed by atoms with Crippen LogP contribution in [0.3, 0.4) is 0 Å². The van der Waals surface area contributed by atoms with Crippen molar-refractivity contribution in [1.29, 1.82) is 5.26 Å². The van der Waals surface area contributed by atoms with E-state index in [2.05, 4.69) is 6.07 Å². The van der Waals surface area contributed by atoms with E-state index in [0.717, 1.165) is 11.1 Å². The quantitative estimate of drug-likeness (QED) is 0.620. The topological polar surface area (TPSA) is 62.1 Å². The Balaban J connectivity index is 1.85. The maximum Gasteiger partial charge on any atom is 0.471 e. The van der Waals surface area contributed by atoms with Crippen LogP contribution in [0.5, 0.6) is 0 Å². The van der Waals surface area contributed by atoms with Gasteiger partial charge in [-0.3, -0.25) is 4.79 Å². The molecule has 28 heavy (non-hydrogen) atoms. The first kappa shape index (κ1) is 19.8. The first-order valence-electron chi connectivity index (χ1n) is 8.55. The summed E-state index contributed by atoms with van der Waals surface area (Å²) in [5.41, 5.74) is 1.71. The van der Waals surface area contributed by atoms with E-state index in [0.29, 0.717) is 11.1 Å². The molecular formula is C20H16F4N2O2. The van der Waals surface area contributed by atoms with Gasteiger partial charge in [0.15, 0.2) is 0 Å². The highest BCUT2D eigenvalue weighted by atomic mass is 19.4. The smallest absolute Gasteiger partial charge is 0.361 e. The average molecular weight is 392 g/mol. The Morgan fingerprint density at radius 3 is 2.57 bits per heavy atom. The Morgan fingerprint density at radius 1 is 1.21 bits per heavy atom. The fraction of sp³-hybridized carbons (Fsp3) is 0.300. The zero-order chi connectivity index (χ0) is 20.4. The van der Waals surface area contributed by atoms with Gasteiger partial charge in [0.05, 0.1) is 18.2 Å². The largest absolute Gasteiger partial charge is 0.471 e. The van der Waals surface area contributed by atoms with Crippen LogP contribution < -0.4 is 5.32 Å². The number of hydrogen-bond acceptors (Lipinski definition) is 3. The van der Waals surface area contributed by atoms with Gasteiger partial charge in [-0.2, -0.15) is 18.4 Å². The Bertz CT molecular complexity index is 919. The highest BCUT2D eigenvalue weighted by molar-refractivity contribution is 5.81. The summed E-state index contributed by atoms with van der Waals surface area (Å²) in [5.74, 6) is -2.41. The molecule has 8 heteroatoms. The van der Waals surface area contributed by atoms with Gasteiger partial charge in [0, 0.05) is 6.54 Å². The number of nitrogens with zero attached hydrogens (tertiary/aromatic N) is 1. The molecule has 1 atom stereocenters. The number of alkyl halides is 3. The summed E-state index contributed by atoms with van der Waals surface area (Å²) in [6.45, 7) is 0.0351. The minimum absolute atomic E-state index is 0.184. The van der Waals surface area contributed by atoms with Crippen molar-refractivity contribution in [2.45, 2.75) is 31.2 Å². The van der Waals surface area contributed by atoms with E-state index in [4.69, 9.17) is 10.00 Å². The van der Waals surface area contributed by atoms with Crippen LogP contribution in [0.1, 0.15) is 35.1 Å². The van der Waals surface area contributed by atoms with Crippen LogP contribution in [0.2, 0.25) is 0 Å². The number of nitrogens with one attached hydrogen (secondary N) is 1. The standard InChI is InChI=1S/C20H16F4N2O2/c21-16-5-3-15(4-6-16)19(8-1-9-26-18(27)20(22,23)24)17-7-2-13(11-25)10-14(17)12-28-19/h2-7,10H,1,8-9,12H2,(H,26,27)/t19-/m1/s1. The third-order valence-electron chi connectivity index (χ3n) is 4.70. The summed E-state index contributed by atoms with van der Waals surface area (Å²) in [7, 11) is 0. The Hall–Kier alpha value is -2.92. The zero-order valence-corrected chi connectivity index (χ0v) is 14.6. The van der Waals surface area contributed by atoms with Crippen molar-refractivity contribution in [3.05, 3.63) is 70.5 Å². The van der Waals surface area contributed by atoms with Crippen molar-refractivity contribution in [2.75, 3.05) is 6.54 Å². The van der Waals surface area contributed by atoms with Crippen LogP contribution in [-0.2, 0) is 21.7 Å². The molecule has 1 aliphatic heterocycles. The summed E-state index contributed by atoms with van der Waals surface area (Å²) in [6.07, 6.45) is -4.45. The van der Waals surface area contributed by atoms with Gasteiger partial charge in [-0.15, -0.1) is 0 Å². The van der Waals surface area contributed by atoms with Crippen molar-refractivity contribution in [1.82, 2.24) is 5.32 Å².